The largest absolute Gasteiger partial charge is 0.241 e. The molecule has 1 aromatic heterocycles. The molecule has 0 radical (unpaired) electrons. The van der Waals surface area contributed by atoms with Crippen LogP contribution in [0.2, 0.25) is 0 Å². The van der Waals surface area contributed by atoms with Crippen LogP contribution in [0.25, 0.3) is 10.2 Å². The summed E-state index contributed by atoms with van der Waals surface area (Å²) in [6.45, 7) is 14.1. The zero-order valence-electron chi connectivity index (χ0n) is 15.7. The lowest BCUT2D eigenvalue weighted by Crippen LogP contribution is -1.85. The van der Waals surface area contributed by atoms with Crippen molar-refractivity contribution in [1.82, 2.24) is 4.98 Å². The van der Waals surface area contributed by atoms with Crippen molar-refractivity contribution < 1.29 is 0 Å². The monoisotopic (exact) mass is 329 g/mol. The van der Waals surface area contributed by atoms with Crippen molar-refractivity contribution >= 4 is 21.6 Å². The van der Waals surface area contributed by atoms with Gasteiger partial charge < -0.3 is 0 Å². The molecule has 3 rings (SSSR count). The fourth-order valence-electron chi connectivity index (χ4n) is 1.98. The minimum Gasteiger partial charge on any atom is -0.241 e. The van der Waals surface area contributed by atoms with Crippen LogP contribution < -0.4 is 0 Å². The normalized spacial score (nSPS) is 8.83. The first-order valence-corrected chi connectivity index (χ1v) is 9.53. The highest BCUT2D eigenvalue weighted by atomic mass is 32.1. The van der Waals surface area contributed by atoms with E-state index in [2.05, 4.69) is 49.4 Å². The third-order valence-electron chi connectivity index (χ3n) is 2.86. The van der Waals surface area contributed by atoms with Gasteiger partial charge in [0.15, 0.2) is 0 Å². The van der Waals surface area contributed by atoms with Gasteiger partial charge in [0.2, 0.25) is 0 Å². The number of benzene rings is 2. The Morgan fingerprint density at radius 3 is 1.96 bits per heavy atom. The number of hydrogen-bond acceptors (Lipinski definition) is 2. The Hall–Kier alpha value is -1.67. The Kier molecular flexibility index (Phi) is 11.9. The summed E-state index contributed by atoms with van der Waals surface area (Å²) in [6.07, 6.45) is 0.930. The number of para-hydroxylation sites is 1. The van der Waals surface area contributed by atoms with E-state index in [1.54, 1.807) is 11.3 Å². The molecule has 0 bridgehead atoms. The standard InChI is InChI=1S/C15H13NS.3C2H6/c1-11-6-5-9-13-15(11)16-14(17-13)10-12-7-3-2-4-8-12;3*1-2/h2-9H,10H2,1H3;3*1-2H3. The fourth-order valence-corrected chi connectivity index (χ4v) is 3.06. The van der Waals surface area contributed by atoms with E-state index in [1.165, 1.54) is 20.8 Å². The molecule has 0 atom stereocenters. The second-order valence-corrected chi connectivity index (χ2v) is 5.31. The van der Waals surface area contributed by atoms with E-state index in [1.807, 2.05) is 47.6 Å². The Morgan fingerprint density at radius 2 is 1.39 bits per heavy atom. The predicted molar refractivity (Wildman–Crippen MR) is 108 cm³/mol. The van der Waals surface area contributed by atoms with Crippen LogP contribution in [0.4, 0.5) is 0 Å². The van der Waals surface area contributed by atoms with Crippen molar-refractivity contribution in [2.75, 3.05) is 0 Å². The molecule has 126 valence electrons. The Labute approximate surface area is 146 Å². The van der Waals surface area contributed by atoms with Crippen LogP contribution >= 0.6 is 11.3 Å². The summed E-state index contributed by atoms with van der Waals surface area (Å²) >= 11 is 1.80. The van der Waals surface area contributed by atoms with Gasteiger partial charge in [0, 0.05) is 6.42 Å². The van der Waals surface area contributed by atoms with Crippen LogP contribution in [-0.4, -0.2) is 4.98 Å². The van der Waals surface area contributed by atoms with E-state index >= 15 is 0 Å². The van der Waals surface area contributed by atoms with Gasteiger partial charge in [-0.2, -0.15) is 0 Å². The van der Waals surface area contributed by atoms with E-state index in [-0.39, 0.29) is 0 Å². The highest BCUT2D eigenvalue weighted by Gasteiger charge is 2.05. The van der Waals surface area contributed by atoms with E-state index in [9.17, 15) is 0 Å². The summed E-state index contributed by atoms with van der Waals surface area (Å²) in [4.78, 5) is 4.73. The zero-order valence-corrected chi connectivity index (χ0v) is 16.5. The molecule has 3 aromatic rings. The van der Waals surface area contributed by atoms with Gasteiger partial charge in [-0.15, -0.1) is 11.3 Å². The SMILES string of the molecule is CC.CC.CC.Cc1cccc2sc(Cc3ccccc3)nc12. The highest BCUT2D eigenvalue weighted by Crippen LogP contribution is 2.25. The summed E-state index contributed by atoms with van der Waals surface area (Å²) in [5.74, 6) is 0. The van der Waals surface area contributed by atoms with Gasteiger partial charge in [0.05, 0.1) is 15.2 Å². The second-order valence-electron chi connectivity index (χ2n) is 4.19. The van der Waals surface area contributed by atoms with Gasteiger partial charge in [-0.3, -0.25) is 0 Å². The molecule has 2 heteroatoms. The molecule has 0 aliphatic heterocycles. The molecular formula is C21H31NS. The summed E-state index contributed by atoms with van der Waals surface area (Å²) in [5.41, 5.74) is 3.74. The summed E-state index contributed by atoms with van der Waals surface area (Å²) in [6, 6.07) is 16.9. The van der Waals surface area contributed by atoms with Gasteiger partial charge >= 0.3 is 0 Å². The van der Waals surface area contributed by atoms with Gasteiger partial charge in [-0.1, -0.05) is 84.0 Å². The Balaban J connectivity index is 0.000000728. The molecule has 0 amide bonds. The number of aromatic nitrogens is 1. The molecular weight excluding hydrogens is 298 g/mol. The quantitative estimate of drug-likeness (QED) is 0.481. The summed E-state index contributed by atoms with van der Waals surface area (Å²) in [5, 5.41) is 1.19. The summed E-state index contributed by atoms with van der Waals surface area (Å²) in [7, 11) is 0. The van der Waals surface area contributed by atoms with Crippen LogP contribution in [0.5, 0.6) is 0 Å². The molecule has 2 aromatic carbocycles. The molecule has 0 aliphatic carbocycles. The molecule has 0 saturated carbocycles. The number of aryl methyl sites for hydroxylation is 1. The van der Waals surface area contributed by atoms with Crippen LogP contribution in [0.15, 0.2) is 48.5 Å². The lowest BCUT2D eigenvalue weighted by atomic mass is 10.2. The van der Waals surface area contributed by atoms with Crippen molar-refractivity contribution in [3.05, 3.63) is 64.7 Å². The maximum absolute atomic E-state index is 4.73. The first-order valence-electron chi connectivity index (χ1n) is 8.72. The second kappa shape index (κ2) is 12.8. The van der Waals surface area contributed by atoms with Crippen molar-refractivity contribution in [3.8, 4) is 0 Å². The third kappa shape index (κ3) is 6.54. The van der Waals surface area contributed by atoms with Gasteiger partial charge in [0.1, 0.15) is 0 Å². The average Bonchev–Trinajstić information content (AvgIpc) is 3.05. The molecule has 1 heterocycles. The molecule has 0 saturated heterocycles. The Bertz CT molecular complexity index is 641. The number of fused-ring (bicyclic) bond motifs is 1. The minimum atomic E-state index is 0.930. The molecule has 0 unspecified atom stereocenters. The number of rotatable bonds is 2. The first-order chi connectivity index (χ1) is 11.3. The van der Waals surface area contributed by atoms with Crippen molar-refractivity contribution in [2.45, 2.75) is 54.9 Å². The first kappa shape index (κ1) is 21.3. The molecule has 1 nitrogen and oxygen atoms in total. The molecule has 23 heavy (non-hydrogen) atoms. The molecule has 0 N–H and O–H groups in total. The molecule has 0 fully saturated rings. The lowest BCUT2D eigenvalue weighted by Gasteiger charge is -1.95. The summed E-state index contributed by atoms with van der Waals surface area (Å²) < 4.78 is 1.29. The smallest absolute Gasteiger partial charge is 0.0982 e. The number of nitrogens with zero attached hydrogens (tertiary/aromatic N) is 1. The van der Waals surface area contributed by atoms with Crippen molar-refractivity contribution in [3.63, 3.8) is 0 Å². The third-order valence-corrected chi connectivity index (χ3v) is 3.88. The van der Waals surface area contributed by atoms with Crippen LogP contribution in [0.3, 0.4) is 0 Å². The van der Waals surface area contributed by atoms with E-state index in [0.717, 1.165) is 11.9 Å². The molecule has 0 spiro atoms. The lowest BCUT2D eigenvalue weighted by molar-refractivity contribution is 1.15. The van der Waals surface area contributed by atoms with Crippen molar-refractivity contribution in [1.29, 1.82) is 0 Å². The zero-order chi connectivity index (χ0) is 17.7. The van der Waals surface area contributed by atoms with Crippen molar-refractivity contribution in [2.24, 2.45) is 0 Å². The van der Waals surface area contributed by atoms with Crippen LogP contribution in [-0.2, 0) is 6.42 Å². The highest BCUT2D eigenvalue weighted by molar-refractivity contribution is 7.18. The topological polar surface area (TPSA) is 12.9 Å². The van der Waals surface area contributed by atoms with E-state index in [0.29, 0.717) is 0 Å². The van der Waals surface area contributed by atoms with Gasteiger partial charge in [-0.25, -0.2) is 4.98 Å². The average molecular weight is 330 g/mol. The molecule has 0 aliphatic rings. The van der Waals surface area contributed by atoms with E-state index < -0.39 is 0 Å². The van der Waals surface area contributed by atoms with Gasteiger partial charge in [0.25, 0.3) is 0 Å². The van der Waals surface area contributed by atoms with Crippen LogP contribution in [0.1, 0.15) is 57.7 Å². The maximum Gasteiger partial charge on any atom is 0.0982 e. The van der Waals surface area contributed by atoms with E-state index in [4.69, 9.17) is 4.98 Å². The number of hydrogen-bond donors (Lipinski definition) is 0. The van der Waals surface area contributed by atoms with Gasteiger partial charge in [-0.05, 0) is 24.1 Å². The fraction of sp³-hybridized carbons (Fsp3) is 0.381. The maximum atomic E-state index is 4.73. The van der Waals surface area contributed by atoms with Crippen LogP contribution in [0, 0.1) is 6.92 Å². The Morgan fingerprint density at radius 1 is 0.783 bits per heavy atom. The number of thiazole rings is 1. The minimum absolute atomic E-state index is 0.930. The predicted octanol–water partition coefficient (Wildman–Crippen LogP) is 7.27.